The van der Waals surface area contributed by atoms with Crippen molar-refractivity contribution in [2.75, 3.05) is 14.2 Å². The van der Waals surface area contributed by atoms with Crippen LogP contribution in [0.4, 0.5) is 0 Å². The molecule has 0 amide bonds. The Morgan fingerprint density at radius 1 is 0.871 bits per heavy atom. The summed E-state index contributed by atoms with van der Waals surface area (Å²) in [5.74, 6) is 0.807. The molecular formula is C25H22N2O4. The van der Waals surface area contributed by atoms with Crippen LogP contribution in [0.15, 0.2) is 65.2 Å². The van der Waals surface area contributed by atoms with E-state index in [2.05, 4.69) is 42.2 Å². The quantitative estimate of drug-likeness (QED) is 0.403. The zero-order chi connectivity index (χ0) is 22.0. The SMILES string of the molecule is COC(=O)c1ccc(-c2noc(-c3ccc(-c4ccccc4C)c(C)c3)n2)c(OC)c1. The summed E-state index contributed by atoms with van der Waals surface area (Å²) in [6.07, 6.45) is 0. The van der Waals surface area contributed by atoms with E-state index in [0.29, 0.717) is 28.6 Å². The van der Waals surface area contributed by atoms with Crippen molar-refractivity contribution in [3.05, 3.63) is 77.4 Å². The summed E-state index contributed by atoms with van der Waals surface area (Å²) in [6.45, 7) is 4.17. The second kappa shape index (κ2) is 8.44. The maximum atomic E-state index is 11.8. The van der Waals surface area contributed by atoms with Gasteiger partial charge in [0.25, 0.3) is 5.89 Å². The molecule has 0 N–H and O–H groups in total. The van der Waals surface area contributed by atoms with Crippen LogP contribution in [0.25, 0.3) is 34.0 Å². The number of aromatic nitrogens is 2. The van der Waals surface area contributed by atoms with E-state index in [1.165, 1.54) is 30.9 Å². The van der Waals surface area contributed by atoms with Crippen LogP contribution in [0.5, 0.6) is 5.75 Å². The van der Waals surface area contributed by atoms with Gasteiger partial charge in [-0.2, -0.15) is 4.98 Å². The number of hydrogen-bond acceptors (Lipinski definition) is 6. The molecule has 0 aliphatic rings. The first kappa shape index (κ1) is 20.3. The molecule has 0 saturated carbocycles. The lowest BCUT2D eigenvalue weighted by molar-refractivity contribution is 0.0600. The topological polar surface area (TPSA) is 74.5 Å². The molecular weight excluding hydrogens is 392 g/mol. The Balaban J connectivity index is 1.67. The Hall–Kier alpha value is -3.93. The first-order chi connectivity index (χ1) is 15.0. The molecule has 1 aromatic heterocycles. The smallest absolute Gasteiger partial charge is 0.337 e. The first-order valence-electron chi connectivity index (χ1n) is 9.79. The van der Waals surface area contributed by atoms with Gasteiger partial charge in [0.05, 0.1) is 25.3 Å². The largest absolute Gasteiger partial charge is 0.496 e. The maximum absolute atomic E-state index is 11.8. The number of rotatable bonds is 5. The zero-order valence-corrected chi connectivity index (χ0v) is 17.8. The zero-order valence-electron chi connectivity index (χ0n) is 17.8. The summed E-state index contributed by atoms with van der Waals surface area (Å²) in [4.78, 5) is 16.3. The molecule has 6 nitrogen and oxygen atoms in total. The number of carbonyl (C=O) groups is 1. The van der Waals surface area contributed by atoms with Gasteiger partial charge in [-0.15, -0.1) is 0 Å². The van der Waals surface area contributed by atoms with Crippen molar-refractivity contribution in [2.45, 2.75) is 13.8 Å². The minimum Gasteiger partial charge on any atom is -0.496 e. The van der Waals surface area contributed by atoms with Gasteiger partial charge < -0.3 is 14.0 Å². The van der Waals surface area contributed by atoms with E-state index in [4.69, 9.17) is 14.0 Å². The third kappa shape index (κ3) is 3.92. The number of methoxy groups -OCH3 is 2. The Morgan fingerprint density at radius 2 is 1.61 bits per heavy atom. The normalized spacial score (nSPS) is 10.7. The fraction of sp³-hybridized carbons (Fsp3) is 0.160. The summed E-state index contributed by atoms with van der Waals surface area (Å²) in [5, 5.41) is 4.11. The summed E-state index contributed by atoms with van der Waals surface area (Å²) < 4.78 is 15.7. The molecule has 6 heteroatoms. The lowest BCUT2D eigenvalue weighted by Crippen LogP contribution is -2.02. The summed E-state index contributed by atoms with van der Waals surface area (Å²) >= 11 is 0. The van der Waals surface area contributed by atoms with Crippen molar-refractivity contribution in [3.63, 3.8) is 0 Å². The number of aryl methyl sites for hydroxylation is 2. The fourth-order valence-corrected chi connectivity index (χ4v) is 3.54. The predicted molar refractivity (Wildman–Crippen MR) is 118 cm³/mol. The van der Waals surface area contributed by atoms with Gasteiger partial charge in [-0.25, -0.2) is 4.79 Å². The molecule has 156 valence electrons. The summed E-state index contributed by atoms with van der Waals surface area (Å²) in [7, 11) is 2.86. The molecule has 0 saturated heterocycles. The molecule has 0 bridgehead atoms. The molecule has 0 unspecified atom stereocenters. The summed E-state index contributed by atoms with van der Waals surface area (Å²) in [5.41, 5.74) is 6.55. The van der Waals surface area contributed by atoms with Crippen molar-refractivity contribution in [2.24, 2.45) is 0 Å². The van der Waals surface area contributed by atoms with Crippen LogP contribution in [0.3, 0.4) is 0 Å². The van der Waals surface area contributed by atoms with Crippen molar-refractivity contribution in [1.29, 1.82) is 0 Å². The molecule has 0 radical (unpaired) electrons. The van der Waals surface area contributed by atoms with Crippen LogP contribution in [-0.4, -0.2) is 30.3 Å². The highest BCUT2D eigenvalue weighted by Gasteiger charge is 2.18. The van der Waals surface area contributed by atoms with Crippen molar-refractivity contribution in [3.8, 4) is 39.7 Å². The molecule has 31 heavy (non-hydrogen) atoms. The molecule has 0 atom stereocenters. The highest BCUT2D eigenvalue weighted by molar-refractivity contribution is 5.91. The number of benzene rings is 3. The average Bonchev–Trinajstić information content (AvgIpc) is 3.28. The lowest BCUT2D eigenvalue weighted by atomic mass is 9.95. The predicted octanol–water partition coefficient (Wildman–Crippen LogP) is 5.48. The Morgan fingerprint density at radius 3 is 2.32 bits per heavy atom. The minimum absolute atomic E-state index is 0.379. The first-order valence-corrected chi connectivity index (χ1v) is 9.79. The Labute approximate surface area is 180 Å². The molecule has 4 aromatic rings. The van der Waals surface area contributed by atoms with Gasteiger partial charge in [-0.3, -0.25) is 0 Å². The second-order valence-electron chi connectivity index (χ2n) is 7.17. The van der Waals surface area contributed by atoms with E-state index >= 15 is 0 Å². The van der Waals surface area contributed by atoms with Gasteiger partial charge in [-0.05, 0) is 66.4 Å². The van der Waals surface area contributed by atoms with E-state index in [-0.39, 0.29) is 0 Å². The van der Waals surface area contributed by atoms with Gasteiger partial charge in [-0.1, -0.05) is 35.5 Å². The molecule has 0 spiro atoms. The lowest BCUT2D eigenvalue weighted by Gasteiger charge is -2.10. The monoisotopic (exact) mass is 414 g/mol. The molecule has 0 aliphatic heterocycles. The number of carbonyl (C=O) groups excluding carboxylic acids is 1. The van der Waals surface area contributed by atoms with Crippen LogP contribution in [0.1, 0.15) is 21.5 Å². The Kier molecular flexibility index (Phi) is 5.54. The Bertz CT molecular complexity index is 1260. The standard InChI is InChI=1S/C25H22N2O4/c1-15-7-5-6-8-19(15)20-11-9-17(13-16(20)2)24-26-23(27-31-24)21-12-10-18(25(28)30-4)14-22(21)29-3/h5-14H,1-4H3. The number of ether oxygens (including phenoxy) is 2. The molecule has 1 heterocycles. The average molecular weight is 414 g/mol. The third-order valence-corrected chi connectivity index (χ3v) is 5.20. The van der Waals surface area contributed by atoms with Gasteiger partial charge in [0.15, 0.2) is 0 Å². The van der Waals surface area contributed by atoms with Gasteiger partial charge in [0.1, 0.15) is 5.75 Å². The van der Waals surface area contributed by atoms with E-state index < -0.39 is 5.97 Å². The van der Waals surface area contributed by atoms with Gasteiger partial charge in [0.2, 0.25) is 5.82 Å². The molecule has 0 aliphatic carbocycles. The fourth-order valence-electron chi connectivity index (χ4n) is 3.54. The van der Waals surface area contributed by atoms with E-state index in [0.717, 1.165) is 11.1 Å². The number of hydrogen-bond donors (Lipinski definition) is 0. The molecule has 3 aromatic carbocycles. The van der Waals surface area contributed by atoms with Crippen LogP contribution in [0.2, 0.25) is 0 Å². The van der Waals surface area contributed by atoms with Crippen molar-refractivity contribution >= 4 is 5.97 Å². The second-order valence-corrected chi connectivity index (χ2v) is 7.17. The van der Waals surface area contributed by atoms with Gasteiger partial charge >= 0.3 is 5.97 Å². The van der Waals surface area contributed by atoms with Crippen molar-refractivity contribution in [1.82, 2.24) is 10.1 Å². The van der Waals surface area contributed by atoms with E-state index in [1.807, 2.05) is 24.3 Å². The van der Waals surface area contributed by atoms with Crippen molar-refractivity contribution < 1.29 is 18.8 Å². The highest BCUT2D eigenvalue weighted by Crippen LogP contribution is 2.33. The number of nitrogens with zero attached hydrogens (tertiary/aromatic N) is 2. The van der Waals surface area contributed by atoms with Crippen LogP contribution in [0, 0.1) is 13.8 Å². The van der Waals surface area contributed by atoms with E-state index in [9.17, 15) is 4.79 Å². The maximum Gasteiger partial charge on any atom is 0.337 e. The number of esters is 1. The van der Waals surface area contributed by atoms with E-state index in [1.54, 1.807) is 18.2 Å². The molecule has 0 fully saturated rings. The molecule has 4 rings (SSSR count). The highest BCUT2D eigenvalue weighted by atomic mass is 16.5. The minimum atomic E-state index is -0.442. The van der Waals surface area contributed by atoms with Crippen LogP contribution < -0.4 is 4.74 Å². The summed E-state index contributed by atoms with van der Waals surface area (Å²) in [6, 6.07) is 19.3. The van der Waals surface area contributed by atoms with Crippen LogP contribution in [-0.2, 0) is 4.74 Å². The van der Waals surface area contributed by atoms with Gasteiger partial charge in [0, 0.05) is 5.56 Å². The third-order valence-electron chi connectivity index (χ3n) is 5.20. The van der Waals surface area contributed by atoms with Crippen LogP contribution >= 0.6 is 0 Å².